The minimum atomic E-state index is -3.81. The highest BCUT2D eigenvalue weighted by Crippen LogP contribution is 2.28. The minimum Gasteiger partial charge on any atom is -0.492 e. The smallest absolute Gasteiger partial charge is 0.251 e. The largest absolute Gasteiger partial charge is 0.492 e. The molecular weight excluding hydrogens is 455 g/mol. The van der Waals surface area contributed by atoms with Crippen molar-refractivity contribution in [2.75, 3.05) is 13.2 Å². The molecule has 1 heterocycles. The van der Waals surface area contributed by atoms with Crippen LogP contribution in [0.15, 0.2) is 71.6 Å². The van der Waals surface area contributed by atoms with Gasteiger partial charge in [-0.25, -0.2) is 12.8 Å². The fourth-order valence-corrected chi connectivity index (χ4v) is 5.12. The Balaban J connectivity index is 1.54. The molecule has 1 N–H and O–H groups in total. The van der Waals surface area contributed by atoms with Gasteiger partial charge in [0, 0.05) is 41.3 Å². The molecule has 166 valence electrons. The van der Waals surface area contributed by atoms with Gasteiger partial charge >= 0.3 is 0 Å². The molecule has 9 heteroatoms. The molecule has 32 heavy (non-hydrogen) atoms. The van der Waals surface area contributed by atoms with Gasteiger partial charge in [-0.1, -0.05) is 35.9 Å². The van der Waals surface area contributed by atoms with Crippen LogP contribution in [0.4, 0.5) is 4.39 Å². The zero-order chi connectivity index (χ0) is 22.7. The number of nitrogens with zero attached hydrogens (tertiary/aromatic N) is 1. The van der Waals surface area contributed by atoms with Crippen molar-refractivity contribution in [1.82, 2.24) is 9.62 Å². The first kappa shape index (κ1) is 22.3. The minimum absolute atomic E-state index is 0.0361. The highest BCUT2D eigenvalue weighted by molar-refractivity contribution is 7.89. The SMILES string of the molecule is O=C(NCc1ccccc1F)c1ccc2c(c1)CN(S(=O)(=O)c1cccc(Cl)c1)CCO2. The van der Waals surface area contributed by atoms with Crippen LogP contribution < -0.4 is 10.1 Å². The second kappa shape index (κ2) is 9.28. The summed E-state index contributed by atoms with van der Waals surface area (Å²) in [5.41, 5.74) is 1.26. The molecule has 1 aliphatic rings. The lowest BCUT2D eigenvalue weighted by Crippen LogP contribution is -2.32. The molecule has 1 amide bonds. The summed E-state index contributed by atoms with van der Waals surface area (Å²) in [6.07, 6.45) is 0. The Morgan fingerprint density at radius 1 is 1.09 bits per heavy atom. The number of carbonyl (C=O) groups excluding carboxylic acids is 1. The van der Waals surface area contributed by atoms with Crippen LogP contribution in [0, 0.1) is 5.82 Å². The molecule has 0 radical (unpaired) electrons. The lowest BCUT2D eigenvalue weighted by atomic mass is 10.1. The number of benzene rings is 3. The number of carbonyl (C=O) groups is 1. The van der Waals surface area contributed by atoms with Crippen molar-refractivity contribution in [3.8, 4) is 5.75 Å². The zero-order valence-electron chi connectivity index (χ0n) is 16.9. The average molecular weight is 475 g/mol. The highest BCUT2D eigenvalue weighted by Gasteiger charge is 2.28. The first-order chi connectivity index (χ1) is 15.3. The monoisotopic (exact) mass is 474 g/mol. The first-order valence-electron chi connectivity index (χ1n) is 9.87. The van der Waals surface area contributed by atoms with Gasteiger partial charge in [-0.15, -0.1) is 0 Å². The molecule has 0 saturated heterocycles. The molecule has 0 aromatic heterocycles. The van der Waals surface area contributed by atoms with E-state index >= 15 is 0 Å². The van der Waals surface area contributed by atoms with Crippen molar-refractivity contribution in [3.05, 3.63) is 94.3 Å². The standard InChI is InChI=1S/C23H20ClFN2O4S/c24-19-5-3-6-20(13-19)32(29,30)27-10-11-31-22-9-8-16(12-18(22)15-27)23(28)26-14-17-4-1-2-7-21(17)25/h1-9,12-13H,10-11,14-15H2,(H,26,28). The number of hydrogen-bond donors (Lipinski definition) is 1. The lowest BCUT2D eigenvalue weighted by molar-refractivity contribution is 0.0950. The van der Waals surface area contributed by atoms with Crippen LogP contribution in [-0.2, 0) is 23.1 Å². The molecule has 6 nitrogen and oxygen atoms in total. The van der Waals surface area contributed by atoms with Crippen molar-refractivity contribution in [1.29, 1.82) is 0 Å². The maximum absolute atomic E-state index is 13.8. The normalized spacial score (nSPS) is 14.2. The van der Waals surface area contributed by atoms with Gasteiger partial charge in [-0.3, -0.25) is 4.79 Å². The van der Waals surface area contributed by atoms with E-state index in [2.05, 4.69) is 5.32 Å². The van der Waals surface area contributed by atoms with Crippen LogP contribution in [0.3, 0.4) is 0 Å². The predicted octanol–water partition coefficient (Wildman–Crippen LogP) is 3.99. The Labute approximate surface area is 190 Å². The van der Waals surface area contributed by atoms with Crippen molar-refractivity contribution in [3.63, 3.8) is 0 Å². The summed E-state index contributed by atoms with van der Waals surface area (Å²) in [5.74, 6) is -0.283. The maximum Gasteiger partial charge on any atom is 0.251 e. The number of nitrogens with one attached hydrogen (secondary N) is 1. The lowest BCUT2D eigenvalue weighted by Gasteiger charge is -2.20. The van der Waals surface area contributed by atoms with Crippen LogP contribution in [-0.4, -0.2) is 31.8 Å². The topological polar surface area (TPSA) is 75.7 Å². The van der Waals surface area contributed by atoms with Crippen molar-refractivity contribution in [2.24, 2.45) is 0 Å². The molecule has 0 unspecified atom stereocenters. The first-order valence-corrected chi connectivity index (χ1v) is 11.7. The van der Waals surface area contributed by atoms with Gasteiger partial charge < -0.3 is 10.1 Å². The third-order valence-electron chi connectivity index (χ3n) is 5.10. The number of fused-ring (bicyclic) bond motifs is 1. The Hall–Kier alpha value is -2.94. The molecule has 0 atom stereocenters. The van der Waals surface area contributed by atoms with E-state index < -0.39 is 21.7 Å². The highest BCUT2D eigenvalue weighted by atomic mass is 35.5. The molecule has 0 bridgehead atoms. The Morgan fingerprint density at radius 3 is 2.69 bits per heavy atom. The van der Waals surface area contributed by atoms with E-state index in [0.29, 0.717) is 27.5 Å². The van der Waals surface area contributed by atoms with E-state index in [-0.39, 0.29) is 31.1 Å². The number of sulfonamides is 1. The van der Waals surface area contributed by atoms with Crippen LogP contribution in [0.25, 0.3) is 0 Å². The molecule has 3 aromatic carbocycles. The third-order valence-corrected chi connectivity index (χ3v) is 7.17. The number of amides is 1. The van der Waals surface area contributed by atoms with Crippen molar-refractivity contribution >= 4 is 27.5 Å². The van der Waals surface area contributed by atoms with Gasteiger partial charge in [0.2, 0.25) is 10.0 Å². The molecule has 3 aromatic rings. The van der Waals surface area contributed by atoms with Gasteiger partial charge in [-0.2, -0.15) is 4.31 Å². The van der Waals surface area contributed by atoms with Crippen LogP contribution >= 0.6 is 11.6 Å². The summed E-state index contributed by atoms with van der Waals surface area (Å²) in [4.78, 5) is 12.7. The molecule has 0 saturated carbocycles. The second-order valence-electron chi connectivity index (χ2n) is 7.24. The van der Waals surface area contributed by atoms with E-state index in [1.807, 2.05) is 0 Å². The molecule has 0 aliphatic carbocycles. The second-order valence-corrected chi connectivity index (χ2v) is 9.62. The maximum atomic E-state index is 13.8. The quantitative estimate of drug-likeness (QED) is 0.606. The fraction of sp³-hybridized carbons (Fsp3) is 0.174. The number of halogens is 2. The third kappa shape index (κ3) is 4.77. The zero-order valence-corrected chi connectivity index (χ0v) is 18.5. The molecule has 0 fully saturated rings. The van der Waals surface area contributed by atoms with E-state index in [1.165, 1.54) is 22.5 Å². The summed E-state index contributed by atoms with van der Waals surface area (Å²) >= 11 is 5.97. The van der Waals surface area contributed by atoms with E-state index in [0.717, 1.165) is 0 Å². The predicted molar refractivity (Wildman–Crippen MR) is 119 cm³/mol. The fourth-order valence-electron chi connectivity index (χ4n) is 3.41. The summed E-state index contributed by atoms with van der Waals surface area (Å²) in [7, 11) is -3.81. The average Bonchev–Trinajstić information content (AvgIpc) is 3.01. The summed E-state index contributed by atoms with van der Waals surface area (Å²) in [6.45, 7) is 0.400. The molecule has 0 spiro atoms. The van der Waals surface area contributed by atoms with Gasteiger partial charge in [0.25, 0.3) is 5.91 Å². The van der Waals surface area contributed by atoms with Crippen LogP contribution in [0.1, 0.15) is 21.5 Å². The summed E-state index contributed by atoms with van der Waals surface area (Å²) in [6, 6.07) is 17.1. The van der Waals surface area contributed by atoms with Crippen LogP contribution in [0.2, 0.25) is 5.02 Å². The van der Waals surface area contributed by atoms with Gasteiger partial charge in [0.1, 0.15) is 18.2 Å². The Morgan fingerprint density at radius 2 is 1.91 bits per heavy atom. The van der Waals surface area contributed by atoms with E-state index in [1.54, 1.807) is 48.5 Å². The van der Waals surface area contributed by atoms with Crippen molar-refractivity contribution in [2.45, 2.75) is 18.0 Å². The summed E-state index contributed by atoms with van der Waals surface area (Å²) in [5, 5.41) is 3.01. The Bertz CT molecular complexity index is 1270. The molecule has 4 rings (SSSR count). The van der Waals surface area contributed by atoms with Gasteiger partial charge in [0.05, 0.1) is 4.90 Å². The van der Waals surface area contributed by atoms with Crippen LogP contribution in [0.5, 0.6) is 5.75 Å². The van der Waals surface area contributed by atoms with Gasteiger partial charge in [0.15, 0.2) is 0 Å². The van der Waals surface area contributed by atoms with E-state index in [4.69, 9.17) is 16.3 Å². The van der Waals surface area contributed by atoms with Gasteiger partial charge in [-0.05, 0) is 42.5 Å². The summed E-state index contributed by atoms with van der Waals surface area (Å²) < 4.78 is 47.0. The number of hydrogen-bond acceptors (Lipinski definition) is 4. The molecular formula is C23H20ClFN2O4S. The number of ether oxygens (including phenoxy) is 1. The molecule has 1 aliphatic heterocycles. The Kier molecular flexibility index (Phi) is 6.45. The van der Waals surface area contributed by atoms with Crippen molar-refractivity contribution < 1.29 is 22.3 Å². The van der Waals surface area contributed by atoms with E-state index in [9.17, 15) is 17.6 Å². The number of rotatable bonds is 5.